The van der Waals surface area contributed by atoms with E-state index in [0.29, 0.717) is 18.6 Å². The Morgan fingerprint density at radius 3 is 2.76 bits per heavy atom. The molecule has 1 atom stereocenters. The summed E-state index contributed by atoms with van der Waals surface area (Å²) in [5.74, 6) is 1.65. The van der Waals surface area contributed by atoms with Crippen molar-refractivity contribution in [1.82, 2.24) is 9.88 Å². The molecule has 3 rings (SSSR count). The average molecular weight is 289 g/mol. The van der Waals surface area contributed by atoms with Crippen molar-refractivity contribution in [3.05, 3.63) is 23.9 Å². The largest absolute Gasteiger partial charge is 0.396 e. The highest BCUT2D eigenvalue weighted by Gasteiger charge is 2.29. The highest BCUT2D eigenvalue weighted by atomic mass is 16.3. The predicted molar refractivity (Wildman–Crippen MR) is 85.6 cm³/mol. The molecular formula is C17H27N3O. The van der Waals surface area contributed by atoms with Gasteiger partial charge in [-0.05, 0) is 56.7 Å². The molecule has 116 valence electrons. The highest BCUT2D eigenvalue weighted by Crippen LogP contribution is 2.26. The van der Waals surface area contributed by atoms with E-state index >= 15 is 0 Å². The molecule has 2 aliphatic heterocycles. The standard InChI is InChI=1S/C17H27N3O/c1-14-4-2-8-18-17(14)19-10-6-16(7-11-19)20-9-3-5-15(12-20)13-21/h2,4,8,15-16,21H,3,5-7,9-13H2,1H3. The predicted octanol–water partition coefficient (Wildman–Crippen LogP) is 2.06. The Morgan fingerprint density at radius 2 is 2.05 bits per heavy atom. The van der Waals surface area contributed by atoms with Gasteiger partial charge in [0.2, 0.25) is 0 Å². The average Bonchev–Trinajstić information content (AvgIpc) is 2.56. The van der Waals surface area contributed by atoms with Crippen LogP contribution in [0.1, 0.15) is 31.2 Å². The van der Waals surface area contributed by atoms with Gasteiger partial charge in [0, 0.05) is 38.5 Å². The normalized spacial score (nSPS) is 25.2. The molecule has 21 heavy (non-hydrogen) atoms. The molecule has 1 aromatic rings. The van der Waals surface area contributed by atoms with E-state index in [1.165, 1.54) is 37.8 Å². The molecule has 4 nitrogen and oxygen atoms in total. The number of piperidine rings is 2. The van der Waals surface area contributed by atoms with Crippen LogP contribution in [0.3, 0.4) is 0 Å². The third-order valence-electron chi connectivity index (χ3n) is 5.07. The van der Waals surface area contributed by atoms with E-state index in [2.05, 4.69) is 27.8 Å². The number of hydrogen-bond donors (Lipinski definition) is 1. The first-order chi connectivity index (χ1) is 10.3. The summed E-state index contributed by atoms with van der Waals surface area (Å²) in [5.41, 5.74) is 1.27. The second-order valence-electron chi connectivity index (χ2n) is 6.55. The maximum atomic E-state index is 9.39. The molecule has 1 aromatic heterocycles. The van der Waals surface area contributed by atoms with Gasteiger partial charge in [-0.25, -0.2) is 4.98 Å². The van der Waals surface area contributed by atoms with Crippen LogP contribution in [0.25, 0.3) is 0 Å². The van der Waals surface area contributed by atoms with Crippen molar-refractivity contribution in [2.75, 3.05) is 37.7 Å². The topological polar surface area (TPSA) is 39.6 Å². The van der Waals surface area contributed by atoms with Crippen LogP contribution >= 0.6 is 0 Å². The maximum Gasteiger partial charge on any atom is 0.131 e. The smallest absolute Gasteiger partial charge is 0.131 e. The third kappa shape index (κ3) is 3.38. The summed E-state index contributed by atoms with van der Waals surface area (Å²) in [7, 11) is 0. The molecule has 1 unspecified atom stereocenters. The lowest BCUT2D eigenvalue weighted by Crippen LogP contribution is -2.49. The maximum absolute atomic E-state index is 9.39. The van der Waals surface area contributed by atoms with Crippen LogP contribution in [0.15, 0.2) is 18.3 Å². The van der Waals surface area contributed by atoms with E-state index in [1.54, 1.807) is 0 Å². The monoisotopic (exact) mass is 289 g/mol. The zero-order valence-corrected chi connectivity index (χ0v) is 13.0. The van der Waals surface area contributed by atoms with Gasteiger partial charge in [-0.2, -0.15) is 0 Å². The van der Waals surface area contributed by atoms with Gasteiger partial charge in [0.1, 0.15) is 5.82 Å². The summed E-state index contributed by atoms with van der Waals surface area (Å²) in [4.78, 5) is 9.59. The van der Waals surface area contributed by atoms with Crippen LogP contribution < -0.4 is 4.90 Å². The van der Waals surface area contributed by atoms with E-state index in [9.17, 15) is 5.11 Å². The van der Waals surface area contributed by atoms with Gasteiger partial charge in [-0.1, -0.05) is 6.07 Å². The number of aromatic nitrogens is 1. The van der Waals surface area contributed by atoms with Gasteiger partial charge in [0.05, 0.1) is 0 Å². The molecule has 0 amide bonds. The zero-order chi connectivity index (χ0) is 14.7. The van der Waals surface area contributed by atoms with Crippen LogP contribution in [-0.4, -0.2) is 53.8 Å². The Hall–Kier alpha value is -1.13. The second kappa shape index (κ2) is 6.75. The second-order valence-corrected chi connectivity index (χ2v) is 6.55. The minimum absolute atomic E-state index is 0.350. The van der Waals surface area contributed by atoms with Crippen LogP contribution in [0.4, 0.5) is 5.82 Å². The van der Waals surface area contributed by atoms with Crippen molar-refractivity contribution in [1.29, 1.82) is 0 Å². The molecule has 4 heteroatoms. The molecule has 2 aliphatic rings. The summed E-state index contributed by atoms with van der Waals surface area (Å²) in [6.45, 7) is 6.99. The summed E-state index contributed by atoms with van der Waals surface area (Å²) in [5, 5.41) is 9.39. The lowest BCUT2D eigenvalue weighted by molar-refractivity contribution is 0.0777. The summed E-state index contributed by atoms with van der Waals surface area (Å²) in [6, 6.07) is 4.85. The van der Waals surface area contributed by atoms with Gasteiger partial charge >= 0.3 is 0 Å². The number of aliphatic hydroxyl groups excluding tert-OH is 1. The molecule has 2 saturated heterocycles. The summed E-state index contributed by atoms with van der Waals surface area (Å²) < 4.78 is 0. The van der Waals surface area contributed by atoms with Gasteiger partial charge in [-0.15, -0.1) is 0 Å². The van der Waals surface area contributed by atoms with Crippen LogP contribution in [0.2, 0.25) is 0 Å². The number of rotatable bonds is 3. The number of likely N-dealkylation sites (tertiary alicyclic amines) is 1. The Kier molecular flexibility index (Phi) is 4.76. The van der Waals surface area contributed by atoms with Gasteiger partial charge in [-0.3, -0.25) is 4.90 Å². The molecule has 0 spiro atoms. The fourth-order valence-electron chi connectivity index (χ4n) is 3.83. The first-order valence-corrected chi connectivity index (χ1v) is 8.29. The van der Waals surface area contributed by atoms with Crippen LogP contribution in [-0.2, 0) is 0 Å². The van der Waals surface area contributed by atoms with Crippen molar-refractivity contribution in [3.8, 4) is 0 Å². The molecule has 3 heterocycles. The number of anilines is 1. The minimum atomic E-state index is 0.350. The van der Waals surface area contributed by atoms with Crippen molar-refractivity contribution in [2.45, 2.75) is 38.6 Å². The molecule has 0 aromatic carbocycles. The quantitative estimate of drug-likeness (QED) is 0.924. The van der Waals surface area contributed by atoms with E-state index in [0.717, 1.165) is 25.5 Å². The van der Waals surface area contributed by atoms with E-state index in [1.807, 2.05) is 12.3 Å². The lowest BCUT2D eigenvalue weighted by Gasteiger charge is -2.42. The fraction of sp³-hybridized carbons (Fsp3) is 0.706. The van der Waals surface area contributed by atoms with Crippen molar-refractivity contribution >= 4 is 5.82 Å². The Labute approximate surface area is 127 Å². The van der Waals surface area contributed by atoms with Crippen LogP contribution in [0, 0.1) is 12.8 Å². The number of nitrogens with zero attached hydrogens (tertiary/aromatic N) is 3. The molecular weight excluding hydrogens is 262 g/mol. The molecule has 2 fully saturated rings. The Balaban J connectivity index is 1.57. The summed E-state index contributed by atoms with van der Waals surface area (Å²) in [6.07, 6.45) is 6.76. The zero-order valence-electron chi connectivity index (χ0n) is 13.0. The number of aliphatic hydroxyl groups is 1. The lowest BCUT2D eigenvalue weighted by atomic mass is 9.94. The van der Waals surface area contributed by atoms with Crippen molar-refractivity contribution in [2.24, 2.45) is 5.92 Å². The molecule has 0 aliphatic carbocycles. The van der Waals surface area contributed by atoms with Gasteiger partial charge in [0.15, 0.2) is 0 Å². The van der Waals surface area contributed by atoms with E-state index in [4.69, 9.17) is 0 Å². The molecule has 1 N–H and O–H groups in total. The number of pyridine rings is 1. The fourth-order valence-corrected chi connectivity index (χ4v) is 3.83. The number of aryl methyl sites for hydroxylation is 1. The molecule has 0 bridgehead atoms. The Bertz CT molecular complexity index is 457. The summed E-state index contributed by atoms with van der Waals surface area (Å²) >= 11 is 0. The Morgan fingerprint density at radius 1 is 1.24 bits per heavy atom. The van der Waals surface area contributed by atoms with Crippen LogP contribution in [0.5, 0.6) is 0 Å². The molecule has 0 radical (unpaired) electrons. The van der Waals surface area contributed by atoms with Gasteiger partial charge < -0.3 is 10.0 Å². The first-order valence-electron chi connectivity index (χ1n) is 8.29. The van der Waals surface area contributed by atoms with Crippen molar-refractivity contribution in [3.63, 3.8) is 0 Å². The third-order valence-corrected chi connectivity index (χ3v) is 5.07. The SMILES string of the molecule is Cc1cccnc1N1CCC(N2CCCC(CO)C2)CC1. The first kappa shape index (κ1) is 14.8. The highest BCUT2D eigenvalue weighted by molar-refractivity contribution is 5.46. The van der Waals surface area contributed by atoms with E-state index < -0.39 is 0 Å². The molecule has 0 saturated carbocycles. The number of hydrogen-bond acceptors (Lipinski definition) is 4. The van der Waals surface area contributed by atoms with Gasteiger partial charge in [0.25, 0.3) is 0 Å². The van der Waals surface area contributed by atoms with Crippen molar-refractivity contribution < 1.29 is 5.11 Å². The minimum Gasteiger partial charge on any atom is -0.396 e. The van der Waals surface area contributed by atoms with E-state index in [-0.39, 0.29) is 0 Å².